The predicted molar refractivity (Wildman–Crippen MR) is 132 cm³/mol. The van der Waals surface area contributed by atoms with Gasteiger partial charge >= 0.3 is 23.9 Å². The van der Waals surface area contributed by atoms with Crippen molar-refractivity contribution in [1.82, 2.24) is 5.32 Å². The van der Waals surface area contributed by atoms with Gasteiger partial charge in [-0.1, -0.05) is 29.3 Å². The van der Waals surface area contributed by atoms with E-state index in [9.17, 15) is 35.9 Å². The molecule has 0 unspecified atom stereocenters. The van der Waals surface area contributed by atoms with E-state index in [0.29, 0.717) is 12.5 Å². The number of anilines is 2. The molecule has 2 aromatic rings. The molecule has 13 heteroatoms. The molecule has 1 fully saturated rings. The molecule has 0 amide bonds. The van der Waals surface area contributed by atoms with Crippen molar-refractivity contribution in [2.75, 3.05) is 36.4 Å². The first-order chi connectivity index (χ1) is 17.8. The summed E-state index contributed by atoms with van der Waals surface area (Å²) in [6.45, 7) is 5.30. The zero-order valence-electron chi connectivity index (χ0n) is 19.8. The second-order valence-electron chi connectivity index (χ2n) is 9.36. The topological polar surface area (TPSA) is 61.4 Å². The number of hydrogen-bond donors (Lipinski definition) is 2. The highest BCUT2D eigenvalue weighted by molar-refractivity contribution is 6.41. The van der Waals surface area contributed by atoms with E-state index in [4.69, 9.17) is 23.2 Å². The summed E-state index contributed by atoms with van der Waals surface area (Å²) < 4.78 is 67.0. The molecule has 2 aromatic carbocycles. The first kappa shape index (κ1) is 28.5. The Hall–Kier alpha value is -2.50. The first-order valence-electron chi connectivity index (χ1n) is 11.8. The molecular formula is C25H23Cl2F6N3O2. The molecule has 1 saturated heterocycles. The van der Waals surface area contributed by atoms with Crippen molar-refractivity contribution in [3.8, 4) is 0 Å². The van der Waals surface area contributed by atoms with Crippen LogP contribution in [-0.2, 0) is 22.6 Å². The number of benzene rings is 2. The van der Waals surface area contributed by atoms with Crippen molar-refractivity contribution in [3.05, 3.63) is 57.1 Å². The van der Waals surface area contributed by atoms with Crippen molar-refractivity contribution in [2.24, 2.45) is 5.92 Å². The van der Waals surface area contributed by atoms with Gasteiger partial charge in [-0.25, -0.2) is 0 Å². The maximum absolute atomic E-state index is 11.2. The molecule has 3 aliphatic heterocycles. The standard InChI is InChI=1S/C21H23Cl2N3.C4F6O2/c22-19-4-1-5-20(23)18(19)11-25-15-7-13-3-2-6-26-12-14-9-24-10-17(14)16(8-15)21(13)26;5-3(6,7)1(11)2(12)4(8,9)10/h1,4-5,7-8,14,17,24-25H,2-3,6,9-12H2;/t14-,17-;/m1./s1. The number of hydrogen-bond acceptors (Lipinski definition) is 5. The van der Waals surface area contributed by atoms with Gasteiger partial charge in [0.2, 0.25) is 0 Å². The molecular weight excluding hydrogens is 559 g/mol. The molecule has 0 radical (unpaired) electrons. The van der Waals surface area contributed by atoms with Crippen molar-refractivity contribution < 1.29 is 35.9 Å². The molecule has 3 heterocycles. The molecule has 38 heavy (non-hydrogen) atoms. The van der Waals surface area contributed by atoms with Gasteiger partial charge < -0.3 is 15.5 Å². The number of Topliss-reactive ketones (excluding diaryl/α,β-unsaturated/α-hetero) is 2. The number of nitrogens with zero attached hydrogens (tertiary/aromatic N) is 1. The zero-order valence-corrected chi connectivity index (χ0v) is 21.3. The Labute approximate surface area is 224 Å². The SMILES string of the molecule is Clc1cccc(Cl)c1CNc1cc2c3c(c1)[C@@H]1CNC[C@@H]1CN3CCC2.O=C(C(=O)C(F)(F)F)C(F)(F)F. The highest BCUT2D eigenvalue weighted by Gasteiger charge is 2.54. The van der Waals surface area contributed by atoms with E-state index >= 15 is 0 Å². The van der Waals surface area contributed by atoms with Crippen LogP contribution in [0.4, 0.5) is 37.7 Å². The van der Waals surface area contributed by atoms with E-state index in [1.165, 1.54) is 48.4 Å². The summed E-state index contributed by atoms with van der Waals surface area (Å²) in [5.41, 5.74) is 6.68. The third-order valence-electron chi connectivity index (χ3n) is 6.86. The van der Waals surface area contributed by atoms with Crippen LogP contribution in [0.1, 0.15) is 29.0 Å². The largest absolute Gasteiger partial charge is 0.458 e. The van der Waals surface area contributed by atoms with Crippen LogP contribution in [0.25, 0.3) is 0 Å². The molecule has 0 saturated carbocycles. The highest BCUT2D eigenvalue weighted by Crippen LogP contribution is 2.46. The van der Waals surface area contributed by atoms with Crippen molar-refractivity contribution in [1.29, 1.82) is 0 Å². The molecule has 0 bridgehead atoms. The summed E-state index contributed by atoms with van der Waals surface area (Å²) >= 11 is 12.7. The summed E-state index contributed by atoms with van der Waals surface area (Å²) in [4.78, 5) is 21.9. The maximum atomic E-state index is 11.2. The minimum Gasteiger partial charge on any atom is -0.381 e. The summed E-state index contributed by atoms with van der Waals surface area (Å²) in [6, 6.07) is 10.4. The van der Waals surface area contributed by atoms with Crippen LogP contribution in [-0.4, -0.2) is 50.1 Å². The van der Waals surface area contributed by atoms with Crippen LogP contribution in [0.3, 0.4) is 0 Å². The number of alkyl halides is 6. The van der Waals surface area contributed by atoms with Crippen molar-refractivity contribution in [3.63, 3.8) is 0 Å². The van der Waals surface area contributed by atoms with E-state index in [2.05, 4.69) is 27.7 Å². The minimum atomic E-state index is -5.77. The highest BCUT2D eigenvalue weighted by atomic mass is 35.5. The van der Waals surface area contributed by atoms with Gasteiger partial charge in [0, 0.05) is 65.6 Å². The Morgan fingerprint density at radius 2 is 1.63 bits per heavy atom. The number of halogens is 8. The van der Waals surface area contributed by atoms with Crippen LogP contribution in [0.2, 0.25) is 10.0 Å². The molecule has 2 N–H and O–H groups in total. The average molecular weight is 582 g/mol. The molecule has 3 aliphatic rings. The molecule has 206 valence electrons. The molecule has 0 aromatic heterocycles. The quantitative estimate of drug-likeness (QED) is 0.346. The number of carbonyl (C=O) groups is 2. The third-order valence-corrected chi connectivity index (χ3v) is 7.56. The van der Waals surface area contributed by atoms with Gasteiger partial charge in [0.25, 0.3) is 0 Å². The second kappa shape index (κ2) is 10.9. The molecule has 5 rings (SSSR count). The Bertz CT molecular complexity index is 1190. The fourth-order valence-corrected chi connectivity index (χ4v) is 5.69. The maximum Gasteiger partial charge on any atom is 0.458 e. The number of fused-ring (bicyclic) bond motifs is 2. The van der Waals surface area contributed by atoms with Gasteiger partial charge in [0.1, 0.15) is 0 Å². The lowest BCUT2D eigenvalue weighted by atomic mass is 9.80. The lowest BCUT2D eigenvalue weighted by Gasteiger charge is -2.42. The van der Waals surface area contributed by atoms with Gasteiger partial charge in [-0.2, -0.15) is 26.3 Å². The van der Waals surface area contributed by atoms with Crippen molar-refractivity contribution in [2.45, 2.75) is 37.7 Å². The van der Waals surface area contributed by atoms with Gasteiger partial charge in [-0.05, 0) is 54.2 Å². The molecule has 2 atom stereocenters. The smallest absolute Gasteiger partial charge is 0.381 e. The van der Waals surface area contributed by atoms with E-state index in [1.807, 2.05) is 18.2 Å². The van der Waals surface area contributed by atoms with Gasteiger partial charge in [0.05, 0.1) is 0 Å². The Morgan fingerprint density at radius 3 is 2.24 bits per heavy atom. The fraction of sp³-hybridized carbons (Fsp3) is 0.440. The van der Waals surface area contributed by atoms with Crippen LogP contribution < -0.4 is 15.5 Å². The number of carbonyl (C=O) groups excluding carboxylic acids is 2. The lowest BCUT2D eigenvalue weighted by molar-refractivity contribution is -0.193. The first-order valence-corrected chi connectivity index (χ1v) is 12.5. The Balaban J connectivity index is 0.000000240. The number of nitrogens with one attached hydrogen (secondary N) is 2. The molecule has 5 nitrogen and oxygen atoms in total. The van der Waals surface area contributed by atoms with E-state index in [-0.39, 0.29) is 0 Å². The normalized spacial score (nSPS) is 20.2. The van der Waals surface area contributed by atoms with Crippen LogP contribution in [0.5, 0.6) is 0 Å². The second-order valence-corrected chi connectivity index (χ2v) is 10.2. The summed E-state index contributed by atoms with van der Waals surface area (Å²) in [5.74, 6) is -5.43. The van der Waals surface area contributed by atoms with Crippen LogP contribution in [0, 0.1) is 5.92 Å². The number of ketones is 2. The number of aryl methyl sites for hydroxylation is 1. The molecule has 0 aliphatic carbocycles. The predicted octanol–water partition coefficient (Wildman–Crippen LogP) is 5.92. The van der Waals surface area contributed by atoms with Gasteiger partial charge in [-0.15, -0.1) is 0 Å². The van der Waals surface area contributed by atoms with E-state index in [0.717, 1.165) is 34.6 Å². The molecule has 0 spiro atoms. The number of rotatable bonds is 4. The van der Waals surface area contributed by atoms with E-state index < -0.39 is 23.9 Å². The van der Waals surface area contributed by atoms with Crippen LogP contribution in [0.15, 0.2) is 30.3 Å². The summed E-state index contributed by atoms with van der Waals surface area (Å²) in [7, 11) is 0. The minimum absolute atomic E-state index is 0.642. The Kier molecular flexibility index (Phi) is 8.20. The monoisotopic (exact) mass is 581 g/mol. The summed E-state index contributed by atoms with van der Waals surface area (Å²) in [6.07, 6.45) is -9.12. The van der Waals surface area contributed by atoms with E-state index in [1.54, 1.807) is 0 Å². The Morgan fingerprint density at radius 1 is 1.00 bits per heavy atom. The fourth-order valence-electron chi connectivity index (χ4n) is 5.16. The van der Waals surface area contributed by atoms with Gasteiger partial charge in [0.15, 0.2) is 0 Å². The summed E-state index contributed by atoms with van der Waals surface area (Å²) in [5, 5.41) is 8.61. The van der Waals surface area contributed by atoms with Crippen LogP contribution >= 0.6 is 23.2 Å². The van der Waals surface area contributed by atoms with Crippen molar-refractivity contribution >= 4 is 46.1 Å². The lowest BCUT2D eigenvalue weighted by Crippen LogP contribution is -2.41. The average Bonchev–Trinajstić information content (AvgIpc) is 3.31. The third kappa shape index (κ3) is 6.05. The zero-order chi connectivity index (χ0) is 27.8. The van der Waals surface area contributed by atoms with Gasteiger partial charge in [-0.3, -0.25) is 9.59 Å².